The van der Waals surface area contributed by atoms with Crippen LogP contribution in [0.1, 0.15) is 37.5 Å². The van der Waals surface area contributed by atoms with Crippen molar-refractivity contribution in [2.75, 3.05) is 7.05 Å². The molecule has 0 aromatic heterocycles. The Morgan fingerprint density at radius 2 is 2.00 bits per heavy atom. The van der Waals surface area contributed by atoms with Gasteiger partial charge in [-0.3, -0.25) is 4.90 Å². The summed E-state index contributed by atoms with van der Waals surface area (Å²) in [6.45, 7) is 4.35. The maximum absolute atomic E-state index is 10.4. The van der Waals surface area contributed by atoms with Gasteiger partial charge < -0.3 is 5.11 Å². The maximum atomic E-state index is 10.4. The number of hydrogen-bond donors (Lipinski definition) is 1. The van der Waals surface area contributed by atoms with Gasteiger partial charge in [-0.1, -0.05) is 24.3 Å². The summed E-state index contributed by atoms with van der Waals surface area (Å²) in [6.07, 6.45) is 1.79. The van der Waals surface area contributed by atoms with E-state index in [1.807, 2.05) is 6.07 Å². The topological polar surface area (TPSA) is 23.5 Å². The summed E-state index contributed by atoms with van der Waals surface area (Å²) < 4.78 is 0. The molecule has 0 fully saturated rings. The second-order valence-electron chi connectivity index (χ2n) is 5.01. The molecule has 2 atom stereocenters. The van der Waals surface area contributed by atoms with E-state index in [1.54, 1.807) is 0 Å². The third-order valence-electron chi connectivity index (χ3n) is 3.79. The minimum absolute atomic E-state index is 0.259. The van der Waals surface area contributed by atoms with Crippen LogP contribution in [-0.2, 0) is 6.42 Å². The van der Waals surface area contributed by atoms with Crippen molar-refractivity contribution in [1.29, 1.82) is 0 Å². The van der Waals surface area contributed by atoms with Crippen LogP contribution in [0.25, 0.3) is 0 Å². The minimum Gasteiger partial charge on any atom is -0.387 e. The standard InChI is InChI=1S/C14H21NO/c1-10(2)15(3)13-9-8-11-6-4-5-7-12(11)14(13)16/h4-7,10,13-14,16H,8-9H2,1-3H3. The molecular weight excluding hydrogens is 198 g/mol. The van der Waals surface area contributed by atoms with Gasteiger partial charge in [0, 0.05) is 12.1 Å². The van der Waals surface area contributed by atoms with Gasteiger partial charge in [-0.2, -0.15) is 0 Å². The lowest BCUT2D eigenvalue weighted by atomic mass is 9.85. The first kappa shape index (κ1) is 11.6. The number of aliphatic hydroxyl groups is 1. The molecule has 0 amide bonds. The maximum Gasteiger partial charge on any atom is 0.0947 e. The predicted octanol–water partition coefficient (Wildman–Crippen LogP) is 2.38. The van der Waals surface area contributed by atoms with Gasteiger partial charge in [0.2, 0.25) is 0 Å². The highest BCUT2D eigenvalue weighted by Crippen LogP contribution is 2.32. The molecule has 88 valence electrons. The lowest BCUT2D eigenvalue weighted by molar-refractivity contribution is 0.0352. The molecule has 0 heterocycles. The van der Waals surface area contributed by atoms with Crippen LogP contribution in [0, 0.1) is 0 Å². The first-order valence-corrected chi connectivity index (χ1v) is 6.09. The van der Waals surface area contributed by atoms with Gasteiger partial charge in [-0.15, -0.1) is 0 Å². The number of aryl methyl sites for hydroxylation is 1. The van der Waals surface area contributed by atoms with Crippen LogP contribution >= 0.6 is 0 Å². The number of nitrogens with zero attached hydrogens (tertiary/aromatic N) is 1. The summed E-state index contributed by atoms with van der Waals surface area (Å²) in [5, 5.41) is 10.4. The van der Waals surface area contributed by atoms with Crippen molar-refractivity contribution < 1.29 is 5.11 Å². The van der Waals surface area contributed by atoms with Crippen molar-refractivity contribution in [3.05, 3.63) is 35.4 Å². The zero-order valence-electron chi connectivity index (χ0n) is 10.4. The highest BCUT2D eigenvalue weighted by Gasteiger charge is 2.31. The predicted molar refractivity (Wildman–Crippen MR) is 66.4 cm³/mol. The monoisotopic (exact) mass is 219 g/mol. The highest BCUT2D eigenvalue weighted by molar-refractivity contribution is 5.32. The molecule has 0 radical (unpaired) electrons. The number of likely N-dealkylation sites (N-methyl/N-ethyl adjacent to an activating group) is 1. The number of fused-ring (bicyclic) bond motifs is 1. The smallest absolute Gasteiger partial charge is 0.0947 e. The quantitative estimate of drug-likeness (QED) is 0.825. The average Bonchev–Trinajstić information content (AvgIpc) is 2.29. The minimum atomic E-state index is -0.336. The largest absolute Gasteiger partial charge is 0.387 e. The molecule has 1 aliphatic carbocycles. The summed E-state index contributed by atoms with van der Waals surface area (Å²) in [4.78, 5) is 2.28. The van der Waals surface area contributed by atoms with E-state index in [4.69, 9.17) is 0 Å². The number of hydrogen-bond acceptors (Lipinski definition) is 2. The van der Waals surface area contributed by atoms with E-state index in [1.165, 1.54) is 5.56 Å². The van der Waals surface area contributed by atoms with Crippen molar-refractivity contribution in [3.63, 3.8) is 0 Å². The molecule has 0 saturated carbocycles. The van der Waals surface area contributed by atoms with Gasteiger partial charge in [0.25, 0.3) is 0 Å². The number of benzene rings is 1. The fourth-order valence-electron chi connectivity index (χ4n) is 2.53. The van der Waals surface area contributed by atoms with Crippen molar-refractivity contribution in [3.8, 4) is 0 Å². The molecule has 1 N–H and O–H groups in total. The number of aliphatic hydroxyl groups excluding tert-OH is 1. The van der Waals surface area contributed by atoms with Gasteiger partial charge in [-0.05, 0) is 44.9 Å². The van der Waals surface area contributed by atoms with Gasteiger partial charge in [0.05, 0.1) is 6.10 Å². The van der Waals surface area contributed by atoms with Gasteiger partial charge >= 0.3 is 0 Å². The Kier molecular flexibility index (Phi) is 3.31. The SMILES string of the molecule is CC(C)N(C)C1CCc2ccccc2C1O. The molecule has 1 aromatic rings. The summed E-state index contributed by atoms with van der Waals surface area (Å²) in [5.41, 5.74) is 2.43. The molecule has 2 nitrogen and oxygen atoms in total. The fourth-order valence-corrected chi connectivity index (χ4v) is 2.53. The zero-order valence-corrected chi connectivity index (χ0v) is 10.4. The molecular formula is C14H21NO. The van der Waals surface area contributed by atoms with Crippen LogP contribution in [0.15, 0.2) is 24.3 Å². The second-order valence-corrected chi connectivity index (χ2v) is 5.01. The van der Waals surface area contributed by atoms with Crippen molar-refractivity contribution in [1.82, 2.24) is 4.90 Å². The van der Waals surface area contributed by atoms with E-state index in [-0.39, 0.29) is 12.1 Å². The van der Waals surface area contributed by atoms with E-state index in [9.17, 15) is 5.11 Å². The Labute approximate surface area is 97.9 Å². The van der Waals surface area contributed by atoms with Crippen LogP contribution in [0.2, 0.25) is 0 Å². The molecule has 0 aliphatic heterocycles. The molecule has 16 heavy (non-hydrogen) atoms. The third-order valence-corrected chi connectivity index (χ3v) is 3.79. The fraction of sp³-hybridized carbons (Fsp3) is 0.571. The zero-order chi connectivity index (χ0) is 11.7. The van der Waals surface area contributed by atoms with Gasteiger partial charge in [-0.25, -0.2) is 0 Å². The summed E-state index contributed by atoms with van der Waals surface area (Å²) >= 11 is 0. The Hall–Kier alpha value is -0.860. The van der Waals surface area contributed by atoms with Crippen LogP contribution in [0.3, 0.4) is 0 Å². The van der Waals surface area contributed by atoms with Crippen LogP contribution in [0.4, 0.5) is 0 Å². The van der Waals surface area contributed by atoms with Crippen LogP contribution in [-0.4, -0.2) is 29.1 Å². The molecule has 0 spiro atoms. The molecule has 1 aromatic carbocycles. The molecule has 2 rings (SSSR count). The first-order valence-electron chi connectivity index (χ1n) is 6.09. The van der Waals surface area contributed by atoms with E-state index in [0.29, 0.717) is 6.04 Å². The Morgan fingerprint density at radius 3 is 2.69 bits per heavy atom. The van der Waals surface area contributed by atoms with Crippen LogP contribution < -0.4 is 0 Å². The van der Waals surface area contributed by atoms with E-state index < -0.39 is 0 Å². The lowest BCUT2D eigenvalue weighted by Crippen LogP contribution is -2.43. The Balaban J connectivity index is 2.24. The molecule has 0 bridgehead atoms. The van der Waals surface area contributed by atoms with Gasteiger partial charge in [0.15, 0.2) is 0 Å². The number of rotatable bonds is 2. The van der Waals surface area contributed by atoms with Gasteiger partial charge in [0.1, 0.15) is 0 Å². The van der Waals surface area contributed by atoms with Crippen LogP contribution in [0.5, 0.6) is 0 Å². The normalized spacial score (nSPS) is 24.9. The molecule has 2 unspecified atom stereocenters. The first-order chi connectivity index (χ1) is 7.61. The average molecular weight is 219 g/mol. The third kappa shape index (κ3) is 2.00. The molecule has 1 aliphatic rings. The highest BCUT2D eigenvalue weighted by atomic mass is 16.3. The summed E-state index contributed by atoms with van der Waals surface area (Å²) in [5.74, 6) is 0. The summed E-state index contributed by atoms with van der Waals surface area (Å²) in [7, 11) is 2.10. The second kappa shape index (κ2) is 4.56. The van der Waals surface area contributed by atoms with E-state index in [0.717, 1.165) is 18.4 Å². The van der Waals surface area contributed by atoms with Crippen molar-refractivity contribution >= 4 is 0 Å². The molecule has 2 heteroatoms. The van der Waals surface area contributed by atoms with Crippen molar-refractivity contribution in [2.24, 2.45) is 0 Å². The Bertz CT molecular complexity index is 362. The molecule has 0 saturated heterocycles. The summed E-state index contributed by atoms with van der Waals surface area (Å²) in [6, 6.07) is 8.99. The van der Waals surface area contributed by atoms with Crippen molar-refractivity contribution in [2.45, 2.75) is 44.9 Å². The lowest BCUT2D eigenvalue weighted by Gasteiger charge is -2.38. The van der Waals surface area contributed by atoms with E-state index in [2.05, 4.69) is 44.0 Å². The van der Waals surface area contributed by atoms with E-state index >= 15 is 0 Å². The Morgan fingerprint density at radius 1 is 1.31 bits per heavy atom.